The number of anilines is 1. The van der Waals surface area contributed by atoms with E-state index in [-0.39, 0.29) is 0 Å². The first-order chi connectivity index (χ1) is 8.13. The molecular weight excluding hydrogens is 214 g/mol. The highest BCUT2D eigenvalue weighted by Gasteiger charge is 2.29. The molecule has 2 rings (SSSR count). The molecule has 1 heterocycles. The number of nitrogens with two attached hydrogens (primary N) is 1. The number of hydrogen-bond acceptors (Lipinski definition) is 3. The van der Waals surface area contributed by atoms with Crippen molar-refractivity contribution in [3.05, 3.63) is 11.8 Å². The average Bonchev–Trinajstić information content (AvgIpc) is 2.69. The van der Waals surface area contributed by atoms with Crippen LogP contribution in [-0.4, -0.2) is 14.9 Å². The van der Waals surface area contributed by atoms with Crippen molar-refractivity contribution < 1.29 is 5.11 Å². The Bertz CT molecular complexity index is 375. The fraction of sp³-hybridized carbons (Fsp3) is 0.769. The largest absolute Gasteiger partial charge is 0.388 e. The molecule has 0 radical (unpaired) electrons. The van der Waals surface area contributed by atoms with E-state index < -0.39 is 6.10 Å². The molecular formula is C13H23N3O. The van der Waals surface area contributed by atoms with Gasteiger partial charge in [-0.3, -0.25) is 4.68 Å². The number of nitrogens with zero attached hydrogens (tertiary/aromatic N) is 2. The molecule has 17 heavy (non-hydrogen) atoms. The van der Waals surface area contributed by atoms with Gasteiger partial charge in [0.25, 0.3) is 0 Å². The van der Waals surface area contributed by atoms with Crippen LogP contribution in [0.2, 0.25) is 0 Å². The van der Waals surface area contributed by atoms with Crippen molar-refractivity contribution in [2.75, 3.05) is 5.73 Å². The summed E-state index contributed by atoms with van der Waals surface area (Å²) >= 11 is 0. The highest BCUT2D eigenvalue weighted by molar-refractivity contribution is 5.40. The van der Waals surface area contributed by atoms with Gasteiger partial charge in [0, 0.05) is 12.6 Å². The number of aliphatic hydroxyl groups is 1. The lowest BCUT2D eigenvalue weighted by Gasteiger charge is -2.31. The molecule has 1 aliphatic carbocycles. The van der Waals surface area contributed by atoms with Crippen molar-refractivity contribution in [2.24, 2.45) is 18.9 Å². The van der Waals surface area contributed by atoms with Gasteiger partial charge in [0.2, 0.25) is 0 Å². The summed E-state index contributed by atoms with van der Waals surface area (Å²) in [5, 5.41) is 14.5. The van der Waals surface area contributed by atoms with Crippen LogP contribution in [0.3, 0.4) is 0 Å². The Kier molecular flexibility index (Phi) is 3.72. The third kappa shape index (κ3) is 2.46. The van der Waals surface area contributed by atoms with Gasteiger partial charge in [-0.1, -0.05) is 26.2 Å². The molecule has 4 nitrogen and oxygen atoms in total. The van der Waals surface area contributed by atoms with Crippen molar-refractivity contribution in [3.63, 3.8) is 0 Å². The number of rotatable bonds is 3. The summed E-state index contributed by atoms with van der Waals surface area (Å²) in [5.74, 6) is 1.71. The highest BCUT2D eigenvalue weighted by Crippen LogP contribution is 2.39. The second kappa shape index (κ2) is 5.08. The summed E-state index contributed by atoms with van der Waals surface area (Å²) in [6.07, 6.45) is 7.22. The lowest BCUT2D eigenvalue weighted by molar-refractivity contribution is 0.0683. The Balaban J connectivity index is 2.09. The van der Waals surface area contributed by atoms with Gasteiger partial charge < -0.3 is 10.8 Å². The molecule has 1 saturated carbocycles. The Morgan fingerprint density at radius 3 is 2.94 bits per heavy atom. The molecule has 4 heteroatoms. The lowest BCUT2D eigenvalue weighted by Crippen LogP contribution is -2.21. The molecule has 3 unspecified atom stereocenters. The monoisotopic (exact) mass is 237 g/mol. The van der Waals surface area contributed by atoms with Crippen LogP contribution in [0.15, 0.2) is 6.20 Å². The van der Waals surface area contributed by atoms with Crippen molar-refractivity contribution in [1.82, 2.24) is 9.78 Å². The fourth-order valence-electron chi connectivity index (χ4n) is 2.94. The molecule has 0 saturated heterocycles. The van der Waals surface area contributed by atoms with Crippen LogP contribution in [0, 0.1) is 11.8 Å². The van der Waals surface area contributed by atoms with E-state index in [0.29, 0.717) is 11.7 Å². The topological polar surface area (TPSA) is 64.1 Å². The van der Waals surface area contributed by atoms with Crippen LogP contribution in [0.25, 0.3) is 0 Å². The van der Waals surface area contributed by atoms with Crippen molar-refractivity contribution in [1.29, 1.82) is 0 Å². The molecule has 1 aromatic rings. The van der Waals surface area contributed by atoms with Gasteiger partial charge in [-0.25, -0.2) is 0 Å². The molecule has 1 aliphatic rings. The number of nitrogen functional groups attached to an aromatic ring is 1. The minimum absolute atomic E-state index is 0.347. The van der Waals surface area contributed by atoms with E-state index in [2.05, 4.69) is 12.0 Å². The third-order valence-electron chi connectivity index (χ3n) is 4.18. The first-order valence-electron chi connectivity index (χ1n) is 6.58. The van der Waals surface area contributed by atoms with Gasteiger partial charge in [0.15, 0.2) is 0 Å². The van der Waals surface area contributed by atoms with E-state index in [4.69, 9.17) is 5.73 Å². The van der Waals surface area contributed by atoms with Crippen LogP contribution >= 0.6 is 0 Å². The zero-order chi connectivity index (χ0) is 12.4. The van der Waals surface area contributed by atoms with Gasteiger partial charge in [-0.2, -0.15) is 5.10 Å². The maximum absolute atomic E-state index is 10.4. The van der Waals surface area contributed by atoms with Gasteiger partial charge >= 0.3 is 0 Å². The van der Waals surface area contributed by atoms with E-state index in [9.17, 15) is 5.11 Å². The van der Waals surface area contributed by atoms with Crippen LogP contribution in [0.4, 0.5) is 5.82 Å². The lowest BCUT2D eigenvalue weighted by atomic mass is 9.76. The number of aromatic nitrogens is 2. The standard InChI is InChI=1S/C13H23N3O/c1-3-9-5-4-6-10(7-9)12(17)11-8-15-16(2)13(11)14/h8-10,12,17H,3-7,14H2,1-2H3. The Labute approximate surface area is 103 Å². The SMILES string of the molecule is CCC1CCCC(C(O)c2cnn(C)c2N)C1. The van der Waals surface area contributed by atoms with Gasteiger partial charge in [0.05, 0.1) is 12.3 Å². The normalized spacial score (nSPS) is 27.0. The fourth-order valence-corrected chi connectivity index (χ4v) is 2.94. The molecule has 0 aromatic carbocycles. The molecule has 1 aromatic heterocycles. The maximum atomic E-state index is 10.4. The minimum atomic E-state index is -0.446. The molecule has 1 fully saturated rings. The maximum Gasteiger partial charge on any atom is 0.127 e. The van der Waals surface area contributed by atoms with E-state index in [0.717, 1.165) is 24.3 Å². The highest BCUT2D eigenvalue weighted by atomic mass is 16.3. The predicted molar refractivity (Wildman–Crippen MR) is 68.3 cm³/mol. The number of aliphatic hydroxyl groups excluding tert-OH is 1. The summed E-state index contributed by atoms with van der Waals surface area (Å²) < 4.78 is 1.62. The second-order valence-electron chi connectivity index (χ2n) is 5.25. The molecule has 3 atom stereocenters. The van der Waals surface area contributed by atoms with E-state index >= 15 is 0 Å². The van der Waals surface area contributed by atoms with Crippen LogP contribution in [-0.2, 0) is 7.05 Å². The summed E-state index contributed by atoms with van der Waals surface area (Å²) in [6.45, 7) is 2.23. The molecule has 0 spiro atoms. The summed E-state index contributed by atoms with van der Waals surface area (Å²) in [4.78, 5) is 0. The molecule has 3 N–H and O–H groups in total. The molecule has 0 amide bonds. The molecule has 0 bridgehead atoms. The smallest absolute Gasteiger partial charge is 0.127 e. The third-order valence-corrected chi connectivity index (χ3v) is 4.18. The zero-order valence-corrected chi connectivity index (χ0v) is 10.8. The Hall–Kier alpha value is -1.03. The van der Waals surface area contributed by atoms with Crippen molar-refractivity contribution >= 4 is 5.82 Å². The van der Waals surface area contributed by atoms with Crippen LogP contribution < -0.4 is 5.73 Å². The number of aryl methyl sites for hydroxylation is 1. The summed E-state index contributed by atoms with van der Waals surface area (Å²) in [7, 11) is 1.81. The first kappa shape index (κ1) is 12.4. The first-order valence-corrected chi connectivity index (χ1v) is 6.58. The summed E-state index contributed by atoms with van der Waals surface area (Å²) in [6, 6.07) is 0. The predicted octanol–water partition coefficient (Wildman–Crippen LogP) is 2.25. The van der Waals surface area contributed by atoms with Crippen LogP contribution in [0.1, 0.15) is 50.7 Å². The molecule has 0 aliphatic heterocycles. The van der Waals surface area contributed by atoms with E-state index in [1.807, 2.05) is 0 Å². The van der Waals surface area contributed by atoms with Crippen molar-refractivity contribution in [2.45, 2.75) is 45.1 Å². The second-order valence-corrected chi connectivity index (χ2v) is 5.25. The quantitative estimate of drug-likeness (QED) is 0.847. The van der Waals surface area contributed by atoms with Gasteiger partial charge in [-0.05, 0) is 24.7 Å². The minimum Gasteiger partial charge on any atom is -0.388 e. The van der Waals surface area contributed by atoms with E-state index in [1.165, 1.54) is 19.3 Å². The average molecular weight is 237 g/mol. The van der Waals surface area contributed by atoms with Gasteiger partial charge in [0.1, 0.15) is 5.82 Å². The Morgan fingerprint density at radius 1 is 1.59 bits per heavy atom. The van der Waals surface area contributed by atoms with Crippen LogP contribution in [0.5, 0.6) is 0 Å². The zero-order valence-electron chi connectivity index (χ0n) is 10.8. The van der Waals surface area contributed by atoms with Gasteiger partial charge in [-0.15, -0.1) is 0 Å². The summed E-state index contributed by atoms with van der Waals surface area (Å²) in [5.41, 5.74) is 6.72. The Morgan fingerprint density at radius 2 is 2.35 bits per heavy atom. The van der Waals surface area contributed by atoms with Crippen molar-refractivity contribution in [3.8, 4) is 0 Å². The number of hydrogen-bond donors (Lipinski definition) is 2. The molecule has 96 valence electrons. The van der Waals surface area contributed by atoms with E-state index in [1.54, 1.807) is 17.9 Å².